The molecule has 0 saturated carbocycles. The van der Waals surface area contributed by atoms with Crippen molar-refractivity contribution >= 4 is 29.2 Å². The lowest BCUT2D eigenvalue weighted by Gasteiger charge is -2.16. The van der Waals surface area contributed by atoms with Crippen LogP contribution in [0.4, 0.5) is 17.8 Å². The second kappa shape index (κ2) is 6.66. The van der Waals surface area contributed by atoms with Gasteiger partial charge in [0.05, 0.1) is 6.04 Å². The topological polar surface area (TPSA) is 78.9 Å². The summed E-state index contributed by atoms with van der Waals surface area (Å²) in [4.78, 5) is 20.6. The molecule has 8 heteroatoms. The predicted molar refractivity (Wildman–Crippen MR) is 87.2 cm³/mol. The van der Waals surface area contributed by atoms with Crippen LogP contribution in [0.2, 0.25) is 0 Å². The zero-order chi connectivity index (χ0) is 15.4. The van der Waals surface area contributed by atoms with Gasteiger partial charge in [0.15, 0.2) is 0 Å². The maximum absolute atomic E-state index is 4.42. The Morgan fingerprint density at radius 1 is 1.24 bits per heavy atom. The Morgan fingerprint density at radius 2 is 1.95 bits per heavy atom. The number of anilines is 3. The summed E-state index contributed by atoms with van der Waals surface area (Å²) in [6.07, 6.45) is 1.88. The van der Waals surface area contributed by atoms with E-state index in [2.05, 4.69) is 30.6 Å². The third-order valence-corrected chi connectivity index (χ3v) is 3.81. The first kappa shape index (κ1) is 15.4. The standard InChI is InChI=1S/C13H21N7S/c1-6-14-11-17-12(19-13(18-11)20(4)5)16-9(3)10-15-7-8(2)21-10/h7,9H,6H2,1-5H3,(H2,14,16,17,18,19). The molecule has 1 unspecified atom stereocenters. The Kier molecular flexibility index (Phi) is 4.89. The van der Waals surface area contributed by atoms with Gasteiger partial charge in [-0.1, -0.05) is 0 Å². The number of hydrogen-bond donors (Lipinski definition) is 2. The van der Waals surface area contributed by atoms with Crippen molar-refractivity contribution in [1.82, 2.24) is 19.9 Å². The molecule has 2 rings (SSSR count). The van der Waals surface area contributed by atoms with Crippen LogP contribution in [-0.2, 0) is 0 Å². The number of rotatable bonds is 6. The minimum atomic E-state index is 0.0515. The fraction of sp³-hybridized carbons (Fsp3) is 0.538. The van der Waals surface area contributed by atoms with Crippen LogP contribution in [-0.4, -0.2) is 40.6 Å². The highest BCUT2D eigenvalue weighted by Crippen LogP contribution is 2.22. The zero-order valence-corrected chi connectivity index (χ0v) is 13.8. The Morgan fingerprint density at radius 3 is 2.52 bits per heavy atom. The third-order valence-electron chi connectivity index (χ3n) is 2.71. The van der Waals surface area contributed by atoms with Crippen LogP contribution in [0.15, 0.2) is 6.20 Å². The van der Waals surface area contributed by atoms with Crippen molar-refractivity contribution in [3.63, 3.8) is 0 Å². The largest absolute Gasteiger partial charge is 0.354 e. The minimum Gasteiger partial charge on any atom is -0.354 e. The van der Waals surface area contributed by atoms with Gasteiger partial charge in [0.25, 0.3) is 0 Å². The Hall–Kier alpha value is -1.96. The number of nitrogens with one attached hydrogen (secondary N) is 2. The summed E-state index contributed by atoms with van der Waals surface area (Å²) in [5.74, 6) is 1.73. The van der Waals surface area contributed by atoms with Crippen LogP contribution >= 0.6 is 11.3 Å². The van der Waals surface area contributed by atoms with Crippen LogP contribution in [0, 0.1) is 6.92 Å². The average molecular weight is 307 g/mol. The Labute approximate surface area is 128 Å². The first-order valence-electron chi connectivity index (χ1n) is 6.85. The highest BCUT2D eigenvalue weighted by molar-refractivity contribution is 7.11. The molecule has 7 nitrogen and oxygen atoms in total. The summed E-state index contributed by atoms with van der Waals surface area (Å²) in [7, 11) is 3.81. The van der Waals surface area contributed by atoms with Crippen molar-refractivity contribution in [3.05, 3.63) is 16.1 Å². The lowest BCUT2D eigenvalue weighted by atomic mass is 10.4. The van der Waals surface area contributed by atoms with Gasteiger partial charge >= 0.3 is 0 Å². The normalized spacial score (nSPS) is 12.0. The quantitative estimate of drug-likeness (QED) is 0.847. The monoisotopic (exact) mass is 307 g/mol. The first-order valence-corrected chi connectivity index (χ1v) is 7.67. The lowest BCUT2D eigenvalue weighted by molar-refractivity contribution is 0.837. The van der Waals surface area contributed by atoms with E-state index >= 15 is 0 Å². The van der Waals surface area contributed by atoms with E-state index in [1.807, 2.05) is 46.0 Å². The minimum absolute atomic E-state index is 0.0515. The van der Waals surface area contributed by atoms with Gasteiger partial charge in [0.1, 0.15) is 5.01 Å². The SMILES string of the molecule is CCNc1nc(NC(C)c2ncc(C)s2)nc(N(C)C)n1. The van der Waals surface area contributed by atoms with Crippen molar-refractivity contribution in [3.8, 4) is 0 Å². The van der Waals surface area contributed by atoms with Crippen molar-refractivity contribution in [2.75, 3.05) is 36.2 Å². The molecule has 2 aromatic heterocycles. The molecule has 0 radical (unpaired) electrons. The molecule has 1 atom stereocenters. The predicted octanol–water partition coefficient (Wildman–Crippen LogP) is 2.31. The van der Waals surface area contributed by atoms with E-state index in [1.165, 1.54) is 4.88 Å². The summed E-state index contributed by atoms with van der Waals surface area (Å²) in [6, 6.07) is 0.0515. The van der Waals surface area contributed by atoms with E-state index in [0.29, 0.717) is 17.8 Å². The van der Waals surface area contributed by atoms with Gasteiger partial charge in [-0.05, 0) is 20.8 Å². The molecule has 0 spiro atoms. The molecule has 0 saturated heterocycles. The van der Waals surface area contributed by atoms with E-state index in [1.54, 1.807) is 11.3 Å². The number of aryl methyl sites for hydroxylation is 1. The van der Waals surface area contributed by atoms with E-state index in [4.69, 9.17) is 0 Å². The molecular formula is C13H21N7S. The fourth-order valence-corrected chi connectivity index (χ4v) is 2.47. The summed E-state index contributed by atoms with van der Waals surface area (Å²) >= 11 is 1.67. The molecule has 0 amide bonds. The van der Waals surface area contributed by atoms with Gasteiger partial charge in [0.2, 0.25) is 17.8 Å². The number of nitrogens with zero attached hydrogens (tertiary/aromatic N) is 5. The number of hydrogen-bond acceptors (Lipinski definition) is 8. The molecule has 0 aromatic carbocycles. The summed E-state index contributed by atoms with van der Waals surface area (Å²) < 4.78 is 0. The maximum atomic E-state index is 4.42. The van der Waals surface area contributed by atoms with Gasteiger partial charge in [0, 0.05) is 31.7 Å². The molecule has 0 aliphatic carbocycles. The van der Waals surface area contributed by atoms with Crippen molar-refractivity contribution in [2.45, 2.75) is 26.8 Å². The van der Waals surface area contributed by atoms with Gasteiger partial charge < -0.3 is 15.5 Å². The van der Waals surface area contributed by atoms with Crippen LogP contribution in [0.25, 0.3) is 0 Å². The van der Waals surface area contributed by atoms with Crippen molar-refractivity contribution in [1.29, 1.82) is 0 Å². The molecule has 21 heavy (non-hydrogen) atoms. The average Bonchev–Trinajstić information content (AvgIpc) is 2.85. The van der Waals surface area contributed by atoms with Crippen LogP contribution in [0.3, 0.4) is 0 Å². The first-order chi connectivity index (χ1) is 9.99. The van der Waals surface area contributed by atoms with E-state index in [-0.39, 0.29) is 6.04 Å². The highest BCUT2D eigenvalue weighted by Gasteiger charge is 2.13. The fourth-order valence-electron chi connectivity index (χ4n) is 1.69. The van der Waals surface area contributed by atoms with E-state index < -0.39 is 0 Å². The van der Waals surface area contributed by atoms with Gasteiger partial charge in [-0.25, -0.2) is 4.98 Å². The van der Waals surface area contributed by atoms with Crippen LogP contribution in [0.5, 0.6) is 0 Å². The molecule has 114 valence electrons. The molecular weight excluding hydrogens is 286 g/mol. The smallest absolute Gasteiger partial charge is 0.231 e. The molecule has 2 N–H and O–H groups in total. The maximum Gasteiger partial charge on any atom is 0.231 e. The molecule has 0 bridgehead atoms. The summed E-state index contributed by atoms with van der Waals surface area (Å²) in [6.45, 7) is 6.86. The Balaban J connectivity index is 2.21. The third kappa shape index (κ3) is 4.01. The van der Waals surface area contributed by atoms with Crippen LogP contribution in [0.1, 0.15) is 29.8 Å². The molecule has 0 fully saturated rings. The molecule has 2 heterocycles. The molecule has 2 aromatic rings. The number of thiazole rings is 1. The lowest BCUT2D eigenvalue weighted by Crippen LogP contribution is -2.18. The second-order valence-electron chi connectivity index (χ2n) is 4.88. The zero-order valence-electron chi connectivity index (χ0n) is 13.0. The Bertz CT molecular complexity index is 596. The van der Waals surface area contributed by atoms with Crippen molar-refractivity contribution < 1.29 is 0 Å². The van der Waals surface area contributed by atoms with Gasteiger partial charge in [-0.15, -0.1) is 11.3 Å². The van der Waals surface area contributed by atoms with E-state index in [0.717, 1.165) is 11.6 Å². The van der Waals surface area contributed by atoms with Gasteiger partial charge in [-0.2, -0.15) is 15.0 Å². The van der Waals surface area contributed by atoms with Gasteiger partial charge in [-0.3, -0.25) is 0 Å². The summed E-state index contributed by atoms with van der Waals surface area (Å²) in [5.41, 5.74) is 0. The molecule has 0 aliphatic heterocycles. The second-order valence-corrected chi connectivity index (χ2v) is 6.15. The summed E-state index contributed by atoms with van der Waals surface area (Å²) in [5, 5.41) is 7.42. The van der Waals surface area contributed by atoms with Crippen LogP contribution < -0.4 is 15.5 Å². The number of aromatic nitrogens is 4. The molecule has 0 aliphatic rings. The van der Waals surface area contributed by atoms with E-state index in [9.17, 15) is 0 Å². The van der Waals surface area contributed by atoms with Crippen molar-refractivity contribution in [2.24, 2.45) is 0 Å². The highest BCUT2D eigenvalue weighted by atomic mass is 32.1.